The van der Waals surface area contributed by atoms with Crippen molar-refractivity contribution in [1.29, 1.82) is 0 Å². The highest BCUT2D eigenvalue weighted by Gasteiger charge is 2.26. The highest BCUT2D eigenvalue weighted by Crippen LogP contribution is 2.30. The molecule has 1 fully saturated rings. The Kier molecular flexibility index (Phi) is 2.33. The highest BCUT2D eigenvalue weighted by atomic mass is 35.5. The third kappa shape index (κ3) is 1.59. The predicted molar refractivity (Wildman–Crippen MR) is 47.2 cm³/mol. The Morgan fingerprint density at radius 2 is 2.31 bits per heavy atom. The molecule has 0 amide bonds. The predicted octanol–water partition coefficient (Wildman–Crippen LogP) is 1.25. The molecule has 0 atom stereocenters. The molecular weight excluding hydrogens is 192 g/mol. The molecule has 0 bridgehead atoms. The fourth-order valence-corrected chi connectivity index (χ4v) is 1.34. The van der Waals surface area contributed by atoms with Crippen molar-refractivity contribution in [3.63, 3.8) is 0 Å². The molecule has 0 N–H and O–H groups in total. The van der Waals surface area contributed by atoms with Gasteiger partial charge in [0.2, 0.25) is 0 Å². The summed E-state index contributed by atoms with van der Waals surface area (Å²) < 4.78 is 10.2. The van der Waals surface area contributed by atoms with Crippen LogP contribution in [-0.4, -0.2) is 30.5 Å². The maximum atomic E-state index is 5.68. The van der Waals surface area contributed by atoms with Gasteiger partial charge in [0.25, 0.3) is 0 Å². The van der Waals surface area contributed by atoms with E-state index in [4.69, 9.17) is 21.1 Å². The van der Waals surface area contributed by atoms with Crippen LogP contribution in [0.3, 0.4) is 0 Å². The second-order valence-electron chi connectivity index (χ2n) is 2.86. The Labute approximate surface area is 80.8 Å². The summed E-state index contributed by atoms with van der Waals surface area (Å²) in [6.45, 7) is 1.37. The Balaban J connectivity index is 2.32. The molecule has 5 heteroatoms. The van der Waals surface area contributed by atoms with E-state index in [0.29, 0.717) is 30.0 Å². The lowest BCUT2D eigenvalue weighted by Crippen LogP contribution is -2.26. The van der Waals surface area contributed by atoms with Gasteiger partial charge in [0.15, 0.2) is 5.15 Å². The van der Waals surface area contributed by atoms with E-state index in [1.165, 1.54) is 0 Å². The number of halogens is 1. The van der Waals surface area contributed by atoms with Crippen molar-refractivity contribution in [2.24, 2.45) is 0 Å². The molecular formula is C8H9ClN2O2. The van der Waals surface area contributed by atoms with Crippen LogP contribution in [0.15, 0.2) is 6.07 Å². The number of methoxy groups -OCH3 is 1. The van der Waals surface area contributed by atoms with Gasteiger partial charge >= 0.3 is 0 Å². The molecule has 1 aromatic rings. The van der Waals surface area contributed by atoms with Crippen LogP contribution >= 0.6 is 11.6 Å². The summed E-state index contributed by atoms with van der Waals surface area (Å²) >= 11 is 5.68. The van der Waals surface area contributed by atoms with Gasteiger partial charge in [-0.15, -0.1) is 10.2 Å². The summed E-state index contributed by atoms with van der Waals surface area (Å²) in [5.41, 5.74) is 0.832. The SMILES string of the molecule is COc1cc(Cl)nnc1C1COC1. The fourth-order valence-electron chi connectivity index (χ4n) is 1.20. The standard InChI is InChI=1S/C8H9ClN2O2/c1-12-6-2-7(9)10-11-8(6)5-3-13-4-5/h2,5H,3-4H2,1H3. The molecule has 0 aromatic carbocycles. The van der Waals surface area contributed by atoms with Crippen molar-refractivity contribution in [3.8, 4) is 5.75 Å². The van der Waals surface area contributed by atoms with Gasteiger partial charge in [-0.05, 0) is 0 Å². The number of ether oxygens (including phenoxy) is 2. The van der Waals surface area contributed by atoms with Gasteiger partial charge in [-0.2, -0.15) is 0 Å². The number of nitrogens with zero attached hydrogens (tertiary/aromatic N) is 2. The second kappa shape index (κ2) is 3.47. The fraction of sp³-hybridized carbons (Fsp3) is 0.500. The molecule has 2 heterocycles. The second-order valence-corrected chi connectivity index (χ2v) is 3.24. The largest absolute Gasteiger partial charge is 0.495 e. The molecule has 1 aliphatic heterocycles. The lowest BCUT2D eigenvalue weighted by Gasteiger charge is -2.25. The number of rotatable bonds is 2. The molecule has 1 aromatic heterocycles. The molecule has 4 nitrogen and oxygen atoms in total. The van der Waals surface area contributed by atoms with E-state index in [0.717, 1.165) is 5.69 Å². The van der Waals surface area contributed by atoms with Crippen molar-refractivity contribution in [3.05, 3.63) is 16.9 Å². The van der Waals surface area contributed by atoms with Crippen LogP contribution in [0.5, 0.6) is 5.75 Å². The van der Waals surface area contributed by atoms with E-state index in [9.17, 15) is 0 Å². The van der Waals surface area contributed by atoms with Gasteiger partial charge in [-0.25, -0.2) is 0 Å². The molecule has 0 spiro atoms. The van der Waals surface area contributed by atoms with Gasteiger partial charge < -0.3 is 9.47 Å². The minimum Gasteiger partial charge on any atom is -0.495 e. The average molecular weight is 201 g/mol. The smallest absolute Gasteiger partial charge is 0.155 e. The molecule has 70 valence electrons. The normalized spacial score (nSPS) is 16.8. The zero-order valence-electron chi connectivity index (χ0n) is 7.16. The van der Waals surface area contributed by atoms with Crippen molar-refractivity contribution < 1.29 is 9.47 Å². The van der Waals surface area contributed by atoms with Crippen LogP contribution in [-0.2, 0) is 4.74 Å². The maximum absolute atomic E-state index is 5.68. The van der Waals surface area contributed by atoms with Crippen LogP contribution in [0.2, 0.25) is 5.15 Å². The minimum absolute atomic E-state index is 0.305. The maximum Gasteiger partial charge on any atom is 0.155 e. The van der Waals surface area contributed by atoms with Crippen LogP contribution in [0, 0.1) is 0 Å². The first-order valence-electron chi connectivity index (χ1n) is 3.96. The highest BCUT2D eigenvalue weighted by molar-refractivity contribution is 6.29. The van der Waals surface area contributed by atoms with Crippen LogP contribution in [0.25, 0.3) is 0 Å². The summed E-state index contributed by atoms with van der Waals surface area (Å²) in [4.78, 5) is 0. The third-order valence-corrected chi connectivity index (χ3v) is 2.19. The summed E-state index contributed by atoms with van der Waals surface area (Å²) in [5.74, 6) is 0.994. The van der Waals surface area contributed by atoms with E-state index in [2.05, 4.69) is 10.2 Å². The number of hydrogen-bond donors (Lipinski definition) is 0. The van der Waals surface area contributed by atoms with Crippen LogP contribution < -0.4 is 4.74 Å². The molecule has 0 aliphatic carbocycles. The molecule has 2 rings (SSSR count). The Hall–Kier alpha value is -0.870. The number of hydrogen-bond acceptors (Lipinski definition) is 4. The van der Waals surface area contributed by atoms with E-state index in [1.807, 2.05) is 0 Å². The lowest BCUT2D eigenvalue weighted by molar-refractivity contribution is 0.00537. The molecule has 0 radical (unpaired) electrons. The Morgan fingerprint density at radius 1 is 1.54 bits per heavy atom. The quantitative estimate of drug-likeness (QED) is 0.721. The van der Waals surface area contributed by atoms with E-state index in [-0.39, 0.29) is 0 Å². The molecule has 0 unspecified atom stereocenters. The van der Waals surface area contributed by atoms with Crippen molar-refractivity contribution in [2.45, 2.75) is 5.92 Å². The zero-order valence-corrected chi connectivity index (χ0v) is 7.91. The molecule has 1 aliphatic rings. The topological polar surface area (TPSA) is 44.2 Å². The van der Waals surface area contributed by atoms with Crippen molar-refractivity contribution in [2.75, 3.05) is 20.3 Å². The van der Waals surface area contributed by atoms with Crippen molar-refractivity contribution in [1.82, 2.24) is 10.2 Å². The summed E-state index contributed by atoms with van der Waals surface area (Å²) in [6, 6.07) is 1.67. The monoisotopic (exact) mass is 200 g/mol. The first-order chi connectivity index (χ1) is 6.31. The Bertz CT molecular complexity index is 315. The summed E-state index contributed by atoms with van der Waals surface area (Å²) in [5, 5.41) is 8.10. The molecule has 13 heavy (non-hydrogen) atoms. The average Bonchev–Trinajstić information content (AvgIpc) is 2.05. The Morgan fingerprint density at radius 3 is 2.85 bits per heavy atom. The van der Waals surface area contributed by atoms with Gasteiger partial charge in [0, 0.05) is 6.07 Å². The van der Waals surface area contributed by atoms with Crippen LogP contribution in [0.1, 0.15) is 11.6 Å². The van der Waals surface area contributed by atoms with E-state index in [1.54, 1.807) is 13.2 Å². The first kappa shape index (κ1) is 8.72. The van der Waals surface area contributed by atoms with Crippen molar-refractivity contribution >= 4 is 11.6 Å². The first-order valence-corrected chi connectivity index (χ1v) is 4.34. The van der Waals surface area contributed by atoms with Gasteiger partial charge in [-0.1, -0.05) is 11.6 Å². The minimum atomic E-state index is 0.305. The number of aromatic nitrogens is 2. The molecule has 1 saturated heterocycles. The molecule has 0 saturated carbocycles. The third-order valence-electron chi connectivity index (χ3n) is 2.00. The van der Waals surface area contributed by atoms with E-state index >= 15 is 0 Å². The lowest BCUT2D eigenvalue weighted by atomic mass is 10.0. The van der Waals surface area contributed by atoms with E-state index < -0.39 is 0 Å². The summed E-state index contributed by atoms with van der Waals surface area (Å²) in [6.07, 6.45) is 0. The zero-order chi connectivity index (χ0) is 9.26. The van der Waals surface area contributed by atoms with Gasteiger partial charge in [0.05, 0.1) is 26.2 Å². The van der Waals surface area contributed by atoms with Gasteiger partial charge in [-0.3, -0.25) is 0 Å². The van der Waals surface area contributed by atoms with Crippen LogP contribution in [0.4, 0.5) is 0 Å². The summed E-state index contributed by atoms with van der Waals surface area (Å²) in [7, 11) is 1.59. The van der Waals surface area contributed by atoms with Gasteiger partial charge in [0.1, 0.15) is 11.4 Å².